The third-order valence-corrected chi connectivity index (χ3v) is 3.62. The number of hydrogen-bond acceptors (Lipinski definition) is 4. The van der Waals surface area contributed by atoms with Crippen LogP contribution in [0, 0.1) is 10.8 Å². The first-order valence-electron chi connectivity index (χ1n) is 6.59. The van der Waals surface area contributed by atoms with Crippen LogP contribution in [0.15, 0.2) is 18.2 Å². The van der Waals surface area contributed by atoms with Crippen molar-refractivity contribution in [1.29, 1.82) is 5.41 Å². The van der Waals surface area contributed by atoms with Crippen molar-refractivity contribution in [2.45, 2.75) is 33.3 Å². The van der Waals surface area contributed by atoms with Gasteiger partial charge in [0.25, 0.3) is 0 Å². The number of anilines is 1. The summed E-state index contributed by atoms with van der Waals surface area (Å²) in [5.74, 6) is -0.169. The quantitative estimate of drug-likeness (QED) is 0.459. The molecule has 0 unspecified atom stereocenters. The lowest BCUT2D eigenvalue weighted by atomic mass is 9.79. The van der Waals surface area contributed by atoms with Gasteiger partial charge in [-0.25, -0.2) is 0 Å². The Hall–Kier alpha value is -1.39. The number of nitrogens with two attached hydrogens (primary N) is 1. The summed E-state index contributed by atoms with van der Waals surface area (Å²) >= 11 is 5.96. The number of carbonyl (C=O) groups excluding carboxylic acids is 1. The summed E-state index contributed by atoms with van der Waals surface area (Å²) in [4.78, 5) is 12.7. The number of ether oxygens (including phenoxy) is 1. The van der Waals surface area contributed by atoms with Crippen molar-refractivity contribution in [2.75, 3.05) is 12.3 Å². The fraction of sp³-hybridized carbons (Fsp3) is 0.467. The summed E-state index contributed by atoms with van der Waals surface area (Å²) in [6, 6.07) is 4.78. The Balaban J connectivity index is 3.10. The summed E-state index contributed by atoms with van der Waals surface area (Å²) in [6.45, 7) is 5.85. The fourth-order valence-corrected chi connectivity index (χ4v) is 1.99. The highest BCUT2D eigenvalue weighted by Crippen LogP contribution is 2.29. The molecule has 1 rings (SSSR count). The Labute approximate surface area is 124 Å². The second-order valence-electron chi connectivity index (χ2n) is 5.08. The molecule has 1 aromatic carbocycles. The van der Waals surface area contributed by atoms with E-state index in [1.165, 1.54) is 6.21 Å². The van der Waals surface area contributed by atoms with Crippen LogP contribution in [-0.4, -0.2) is 24.7 Å². The highest BCUT2D eigenvalue weighted by Gasteiger charge is 2.36. The Morgan fingerprint density at radius 1 is 1.55 bits per heavy atom. The van der Waals surface area contributed by atoms with Gasteiger partial charge < -0.3 is 15.9 Å². The van der Waals surface area contributed by atoms with Gasteiger partial charge in [0.15, 0.2) is 5.78 Å². The summed E-state index contributed by atoms with van der Waals surface area (Å²) < 4.78 is 5.56. The smallest absolute Gasteiger partial charge is 0.176 e. The Morgan fingerprint density at radius 2 is 2.20 bits per heavy atom. The third-order valence-electron chi connectivity index (χ3n) is 3.30. The molecule has 0 saturated heterocycles. The molecule has 0 fully saturated rings. The number of carbonyl (C=O) groups is 1. The first-order chi connectivity index (χ1) is 9.36. The Morgan fingerprint density at radius 3 is 2.65 bits per heavy atom. The monoisotopic (exact) mass is 296 g/mol. The van der Waals surface area contributed by atoms with Crippen LogP contribution >= 0.6 is 11.6 Å². The standard InChI is InChI=1S/C15H21ClN2O2/c1-4-15(8-17,9-20-10(2)3)14(19)11-5-6-13(18)12(16)7-11/h5-8,10,17H,4,9,18H2,1-3H3/t15-/m1/s1. The van der Waals surface area contributed by atoms with E-state index in [0.717, 1.165) is 0 Å². The SMILES string of the molecule is CC[C@@](C=N)(COC(C)C)C(=O)c1ccc(N)c(Cl)c1. The maximum absolute atomic E-state index is 12.7. The highest BCUT2D eigenvalue weighted by molar-refractivity contribution is 6.33. The molecule has 0 amide bonds. The van der Waals surface area contributed by atoms with Gasteiger partial charge in [-0.1, -0.05) is 18.5 Å². The van der Waals surface area contributed by atoms with Gasteiger partial charge in [-0.3, -0.25) is 4.79 Å². The number of hydrogen-bond donors (Lipinski definition) is 2. The van der Waals surface area contributed by atoms with Gasteiger partial charge in [-0.15, -0.1) is 0 Å². The second-order valence-corrected chi connectivity index (χ2v) is 5.49. The largest absolute Gasteiger partial charge is 0.398 e. The van der Waals surface area contributed by atoms with E-state index in [0.29, 0.717) is 22.7 Å². The highest BCUT2D eigenvalue weighted by atomic mass is 35.5. The van der Waals surface area contributed by atoms with Crippen molar-refractivity contribution in [3.8, 4) is 0 Å². The third kappa shape index (κ3) is 3.58. The molecule has 0 heterocycles. The van der Waals surface area contributed by atoms with Crippen LogP contribution in [0.4, 0.5) is 5.69 Å². The van der Waals surface area contributed by atoms with E-state index in [1.54, 1.807) is 18.2 Å². The molecule has 4 nitrogen and oxygen atoms in total. The van der Waals surface area contributed by atoms with Crippen LogP contribution in [0.2, 0.25) is 5.02 Å². The van der Waals surface area contributed by atoms with Gasteiger partial charge in [0.2, 0.25) is 0 Å². The predicted octanol–water partition coefficient (Wildman–Crippen LogP) is 3.58. The summed E-state index contributed by atoms with van der Waals surface area (Å²) in [5, 5.41) is 7.99. The van der Waals surface area contributed by atoms with E-state index in [4.69, 9.17) is 27.5 Å². The van der Waals surface area contributed by atoms with Crippen LogP contribution in [0.1, 0.15) is 37.6 Å². The number of nitrogen functional groups attached to an aromatic ring is 1. The van der Waals surface area contributed by atoms with Crippen molar-refractivity contribution in [3.63, 3.8) is 0 Å². The van der Waals surface area contributed by atoms with E-state index >= 15 is 0 Å². The van der Waals surface area contributed by atoms with Gasteiger partial charge >= 0.3 is 0 Å². The summed E-state index contributed by atoms with van der Waals surface area (Å²) in [5.41, 5.74) is 5.57. The van der Waals surface area contributed by atoms with E-state index in [1.807, 2.05) is 20.8 Å². The normalized spacial score (nSPS) is 14.1. The molecule has 0 aliphatic heterocycles. The van der Waals surface area contributed by atoms with Gasteiger partial charge in [0.1, 0.15) is 0 Å². The van der Waals surface area contributed by atoms with Gasteiger partial charge in [0, 0.05) is 11.8 Å². The van der Waals surface area contributed by atoms with Crippen LogP contribution in [-0.2, 0) is 4.74 Å². The molecule has 5 heteroatoms. The average molecular weight is 297 g/mol. The summed E-state index contributed by atoms with van der Waals surface area (Å²) in [7, 11) is 0. The molecule has 0 bridgehead atoms. The number of nitrogens with one attached hydrogen (secondary N) is 1. The lowest BCUT2D eigenvalue weighted by Crippen LogP contribution is -2.38. The van der Waals surface area contributed by atoms with E-state index in [-0.39, 0.29) is 18.5 Å². The van der Waals surface area contributed by atoms with Crippen LogP contribution in [0.3, 0.4) is 0 Å². The zero-order chi connectivity index (χ0) is 15.3. The lowest BCUT2D eigenvalue weighted by molar-refractivity contribution is 0.0312. The topological polar surface area (TPSA) is 76.2 Å². The van der Waals surface area contributed by atoms with Gasteiger partial charge in [0.05, 0.1) is 28.8 Å². The molecular formula is C15H21ClN2O2. The first-order valence-corrected chi connectivity index (χ1v) is 6.97. The van der Waals surface area contributed by atoms with Crippen molar-refractivity contribution in [3.05, 3.63) is 28.8 Å². The lowest BCUT2D eigenvalue weighted by Gasteiger charge is -2.27. The van der Waals surface area contributed by atoms with Crippen molar-refractivity contribution in [1.82, 2.24) is 0 Å². The minimum Gasteiger partial charge on any atom is -0.398 e. The molecule has 0 radical (unpaired) electrons. The van der Waals surface area contributed by atoms with Gasteiger partial charge in [-0.05, 0) is 38.5 Å². The van der Waals surface area contributed by atoms with Crippen LogP contribution in [0.25, 0.3) is 0 Å². The zero-order valence-electron chi connectivity index (χ0n) is 12.1. The number of halogens is 1. The van der Waals surface area contributed by atoms with Crippen molar-refractivity contribution >= 4 is 29.3 Å². The maximum Gasteiger partial charge on any atom is 0.176 e. The Kier molecular flexibility index (Phi) is 5.72. The number of rotatable bonds is 7. The summed E-state index contributed by atoms with van der Waals surface area (Å²) in [6.07, 6.45) is 1.66. The van der Waals surface area contributed by atoms with Crippen molar-refractivity contribution in [2.24, 2.45) is 5.41 Å². The molecule has 110 valence electrons. The molecule has 3 N–H and O–H groups in total. The van der Waals surface area contributed by atoms with E-state index in [2.05, 4.69) is 0 Å². The first kappa shape index (κ1) is 16.7. The molecule has 0 aromatic heterocycles. The zero-order valence-corrected chi connectivity index (χ0v) is 12.8. The minimum absolute atomic E-state index is 0.00341. The Bertz CT molecular complexity index is 503. The van der Waals surface area contributed by atoms with E-state index < -0.39 is 5.41 Å². The number of ketones is 1. The second kappa shape index (κ2) is 6.86. The van der Waals surface area contributed by atoms with Crippen molar-refractivity contribution < 1.29 is 9.53 Å². The molecule has 1 atom stereocenters. The van der Waals surface area contributed by atoms with Crippen LogP contribution < -0.4 is 5.73 Å². The molecule has 20 heavy (non-hydrogen) atoms. The predicted molar refractivity (Wildman–Crippen MR) is 82.8 cm³/mol. The molecule has 0 aliphatic rings. The number of Topliss-reactive ketones (excluding diaryl/α,β-unsaturated/α-hetero) is 1. The maximum atomic E-state index is 12.7. The molecule has 1 aromatic rings. The van der Waals surface area contributed by atoms with E-state index in [9.17, 15) is 4.79 Å². The molecular weight excluding hydrogens is 276 g/mol. The minimum atomic E-state index is -0.955. The fourth-order valence-electron chi connectivity index (χ4n) is 1.81. The molecule has 0 saturated carbocycles. The molecule has 0 aliphatic carbocycles. The van der Waals surface area contributed by atoms with Gasteiger partial charge in [-0.2, -0.15) is 0 Å². The molecule has 0 spiro atoms. The number of benzene rings is 1. The van der Waals surface area contributed by atoms with Crippen LogP contribution in [0.5, 0.6) is 0 Å². The average Bonchev–Trinajstić information content (AvgIpc) is 2.43.